The number of carbonyl (C=O) groups excluding carboxylic acids is 1. The largest absolute Gasteiger partial charge is 0.319 e. The van der Waals surface area contributed by atoms with Crippen LogP contribution in [0, 0.1) is 0 Å². The van der Waals surface area contributed by atoms with Gasteiger partial charge >= 0.3 is 0 Å². The van der Waals surface area contributed by atoms with Crippen molar-refractivity contribution < 1.29 is 4.79 Å². The van der Waals surface area contributed by atoms with Gasteiger partial charge in [-0.3, -0.25) is 9.89 Å². The summed E-state index contributed by atoms with van der Waals surface area (Å²) in [6.45, 7) is 0. The first-order valence-electron chi connectivity index (χ1n) is 5.33. The fraction of sp³-hybridized carbons (Fsp3) is 0. The zero-order valence-corrected chi connectivity index (χ0v) is 13.4. The SMILES string of the molecule is O=C(Nc1cccc2cn[nH]c12)c1cc(Br)c(Br)s1. The van der Waals surface area contributed by atoms with Gasteiger partial charge in [0.05, 0.1) is 26.1 Å². The van der Waals surface area contributed by atoms with E-state index >= 15 is 0 Å². The highest BCUT2D eigenvalue weighted by Crippen LogP contribution is 2.33. The van der Waals surface area contributed by atoms with Crippen LogP contribution in [0.2, 0.25) is 0 Å². The van der Waals surface area contributed by atoms with Crippen molar-refractivity contribution in [1.82, 2.24) is 10.2 Å². The first-order valence-corrected chi connectivity index (χ1v) is 7.73. The van der Waals surface area contributed by atoms with E-state index in [9.17, 15) is 4.79 Å². The Morgan fingerprint density at radius 3 is 2.95 bits per heavy atom. The predicted octanol–water partition coefficient (Wildman–Crippen LogP) is 4.40. The molecular formula is C12H7Br2N3OS. The highest BCUT2D eigenvalue weighted by molar-refractivity contribution is 9.13. The monoisotopic (exact) mass is 399 g/mol. The van der Waals surface area contributed by atoms with Gasteiger partial charge in [0.2, 0.25) is 0 Å². The van der Waals surface area contributed by atoms with E-state index in [-0.39, 0.29) is 5.91 Å². The number of H-pyrrole nitrogens is 1. The maximum atomic E-state index is 12.2. The minimum absolute atomic E-state index is 0.140. The summed E-state index contributed by atoms with van der Waals surface area (Å²) in [4.78, 5) is 12.8. The molecule has 0 saturated carbocycles. The second-order valence-electron chi connectivity index (χ2n) is 3.83. The average Bonchev–Trinajstić information content (AvgIpc) is 2.98. The lowest BCUT2D eigenvalue weighted by Gasteiger charge is -2.04. The molecule has 0 saturated heterocycles. The summed E-state index contributed by atoms with van der Waals surface area (Å²) in [5.74, 6) is -0.140. The lowest BCUT2D eigenvalue weighted by Crippen LogP contribution is -2.10. The number of aromatic amines is 1. The second-order valence-corrected chi connectivity index (χ2v) is 7.05. The number of rotatable bonds is 2. The third-order valence-corrected chi connectivity index (χ3v) is 5.85. The molecule has 0 bridgehead atoms. The molecule has 0 aliphatic heterocycles. The van der Waals surface area contributed by atoms with Gasteiger partial charge in [0.1, 0.15) is 0 Å². The Morgan fingerprint density at radius 2 is 2.21 bits per heavy atom. The van der Waals surface area contributed by atoms with Crippen LogP contribution >= 0.6 is 43.2 Å². The Hall–Kier alpha value is -1.18. The number of hydrogen-bond acceptors (Lipinski definition) is 3. The molecule has 0 radical (unpaired) electrons. The molecule has 7 heteroatoms. The number of nitrogens with zero attached hydrogens (tertiary/aromatic N) is 1. The van der Waals surface area contributed by atoms with Crippen molar-refractivity contribution in [3.63, 3.8) is 0 Å². The van der Waals surface area contributed by atoms with Crippen molar-refractivity contribution in [3.05, 3.63) is 43.6 Å². The van der Waals surface area contributed by atoms with Crippen LogP contribution in [-0.2, 0) is 0 Å². The van der Waals surface area contributed by atoms with Crippen LogP contribution in [0.15, 0.2) is 38.7 Å². The van der Waals surface area contributed by atoms with E-state index < -0.39 is 0 Å². The van der Waals surface area contributed by atoms with Crippen molar-refractivity contribution in [2.24, 2.45) is 0 Å². The Labute approximate surface area is 129 Å². The van der Waals surface area contributed by atoms with Gasteiger partial charge in [0.15, 0.2) is 0 Å². The van der Waals surface area contributed by atoms with E-state index in [1.165, 1.54) is 11.3 Å². The molecule has 3 aromatic rings. The van der Waals surface area contributed by atoms with Crippen LogP contribution in [0.4, 0.5) is 5.69 Å². The number of amides is 1. The van der Waals surface area contributed by atoms with Gasteiger partial charge in [0, 0.05) is 9.86 Å². The van der Waals surface area contributed by atoms with Crippen LogP contribution in [0.3, 0.4) is 0 Å². The normalized spacial score (nSPS) is 10.8. The second kappa shape index (κ2) is 5.07. The molecule has 4 nitrogen and oxygen atoms in total. The summed E-state index contributed by atoms with van der Waals surface area (Å²) in [5, 5.41) is 10.7. The molecule has 0 spiro atoms. The standard InChI is InChI=1S/C12H7Br2N3OS/c13-7-4-9(19-11(7)14)12(18)16-8-3-1-2-6-5-15-17-10(6)8/h1-5H,(H,15,17)(H,16,18). The van der Waals surface area contributed by atoms with Gasteiger partial charge in [-0.15, -0.1) is 11.3 Å². The lowest BCUT2D eigenvalue weighted by atomic mass is 10.2. The van der Waals surface area contributed by atoms with Crippen LogP contribution in [-0.4, -0.2) is 16.1 Å². The first-order chi connectivity index (χ1) is 9.15. The molecule has 19 heavy (non-hydrogen) atoms. The van der Waals surface area contributed by atoms with E-state index in [0.29, 0.717) is 4.88 Å². The highest BCUT2D eigenvalue weighted by atomic mass is 79.9. The number of hydrogen-bond donors (Lipinski definition) is 2. The van der Waals surface area contributed by atoms with Crippen molar-refractivity contribution >= 4 is 65.7 Å². The molecule has 96 valence electrons. The molecule has 1 aromatic carbocycles. The van der Waals surface area contributed by atoms with Crippen molar-refractivity contribution in [1.29, 1.82) is 0 Å². The van der Waals surface area contributed by atoms with Crippen LogP contribution < -0.4 is 5.32 Å². The van der Waals surface area contributed by atoms with Crippen molar-refractivity contribution in [3.8, 4) is 0 Å². The topological polar surface area (TPSA) is 57.8 Å². The minimum Gasteiger partial charge on any atom is -0.319 e. The summed E-state index contributed by atoms with van der Waals surface area (Å²) < 4.78 is 1.78. The molecule has 0 unspecified atom stereocenters. The van der Waals surface area contributed by atoms with E-state index in [1.54, 1.807) is 12.3 Å². The van der Waals surface area contributed by atoms with Gasteiger partial charge in [-0.1, -0.05) is 12.1 Å². The van der Waals surface area contributed by atoms with Crippen LogP contribution in [0.25, 0.3) is 10.9 Å². The summed E-state index contributed by atoms with van der Waals surface area (Å²) in [7, 11) is 0. The smallest absolute Gasteiger partial charge is 0.265 e. The van der Waals surface area contributed by atoms with Gasteiger partial charge in [-0.05, 0) is 44.0 Å². The molecule has 1 amide bonds. The Morgan fingerprint density at radius 1 is 1.37 bits per heavy atom. The molecule has 2 N–H and O–H groups in total. The molecule has 2 aromatic heterocycles. The molecule has 0 aliphatic carbocycles. The number of halogens is 2. The molecule has 2 heterocycles. The Bertz CT molecular complexity index is 746. The van der Waals surface area contributed by atoms with E-state index in [1.807, 2.05) is 18.2 Å². The average molecular weight is 401 g/mol. The number of para-hydroxylation sites is 1. The number of nitrogens with one attached hydrogen (secondary N) is 2. The minimum atomic E-state index is -0.140. The molecular weight excluding hydrogens is 394 g/mol. The van der Waals surface area contributed by atoms with E-state index in [4.69, 9.17) is 0 Å². The molecule has 3 rings (SSSR count). The zero-order valence-electron chi connectivity index (χ0n) is 9.41. The summed E-state index contributed by atoms with van der Waals surface area (Å²) in [6.07, 6.45) is 1.73. The van der Waals surface area contributed by atoms with Gasteiger partial charge in [-0.2, -0.15) is 5.10 Å². The van der Waals surface area contributed by atoms with Gasteiger partial charge in [0.25, 0.3) is 5.91 Å². The first kappa shape index (κ1) is 12.8. The van der Waals surface area contributed by atoms with Crippen molar-refractivity contribution in [2.45, 2.75) is 0 Å². The lowest BCUT2D eigenvalue weighted by molar-refractivity contribution is 0.103. The number of benzene rings is 1. The quantitative estimate of drug-likeness (QED) is 0.669. The van der Waals surface area contributed by atoms with E-state index in [2.05, 4.69) is 47.4 Å². The maximum absolute atomic E-state index is 12.2. The fourth-order valence-corrected chi connectivity index (χ4v) is 3.65. The van der Waals surface area contributed by atoms with E-state index in [0.717, 1.165) is 24.8 Å². The number of carbonyl (C=O) groups is 1. The highest BCUT2D eigenvalue weighted by Gasteiger charge is 2.13. The number of anilines is 1. The summed E-state index contributed by atoms with van der Waals surface area (Å²) >= 11 is 8.13. The van der Waals surface area contributed by atoms with Crippen LogP contribution in [0.1, 0.15) is 9.67 Å². The number of aromatic nitrogens is 2. The number of thiophene rings is 1. The van der Waals surface area contributed by atoms with Crippen molar-refractivity contribution in [2.75, 3.05) is 5.32 Å². The Kier molecular flexibility index (Phi) is 3.42. The third kappa shape index (κ3) is 2.45. The van der Waals surface area contributed by atoms with Gasteiger partial charge in [-0.25, -0.2) is 0 Å². The van der Waals surface area contributed by atoms with Crippen LogP contribution in [0.5, 0.6) is 0 Å². The number of fused-ring (bicyclic) bond motifs is 1. The third-order valence-electron chi connectivity index (χ3n) is 2.59. The zero-order chi connectivity index (χ0) is 13.4. The fourth-order valence-electron chi connectivity index (χ4n) is 1.72. The molecule has 0 aliphatic rings. The predicted molar refractivity (Wildman–Crippen MR) is 83.8 cm³/mol. The summed E-state index contributed by atoms with van der Waals surface area (Å²) in [5.41, 5.74) is 1.55. The molecule has 0 fully saturated rings. The molecule has 0 atom stereocenters. The van der Waals surface area contributed by atoms with Gasteiger partial charge < -0.3 is 5.32 Å². The Balaban J connectivity index is 1.92. The summed E-state index contributed by atoms with van der Waals surface area (Å²) in [6, 6.07) is 7.45. The maximum Gasteiger partial charge on any atom is 0.265 e.